The molecule has 4 nitrogen and oxygen atoms in total. The number of anilines is 1. The molecular formula is C28H22BrClN2O2. The van der Waals surface area contributed by atoms with Crippen LogP contribution >= 0.6 is 27.5 Å². The first-order valence-electron chi connectivity index (χ1n) is 11.1. The lowest BCUT2D eigenvalue weighted by Crippen LogP contribution is -2.42. The van der Waals surface area contributed by atoms with Crippen LogP contribution in [0.15, 0.2) is 100 Å². The minimum Gasteiger partial charge on any atom is -0.507 e. The molecule has 1 unspecified atom stereocenters. The van der Waals surface area contributed by atoms with Crippen molar-refractivity contribution in [2.45, 2.75) is 25.2 Å². The van der Waals surface area contributed by atoms with Crippen LogP contribution in [0.2, 0.25) is 5.02 Å². The second-order valence-corrected chi connectivity index (χ2v) is 9.76. The average molecular weight is 534 g/mol. The van der Waals surface area contributed by atoms with Crippen LogP contribution in [0.1, 0.15) is 36.3 Å². The van der Waals surface area contributed by atoms with E-state index >= 15 is 0 Å². The Morgan fingerprint density at radius 2 is 1.65 bits per heavy atom. The number of amidine groups is 1. The summed E-state index contributed by atoms with van der Waals surface area (Å²) in [6.07, 6.45) is 1.86. The van der Waals surface area contributed by atoms with Gasteiger partial charge in [-0.2, -0.15) is 0 Å². The third-order valence-corrected chi connectivity index (χ3v) is 7.13. The van der Waals surface area contributed by atoms with Gasteiger partial charge in [-0.25, -0.2) is 0 Å². The molecule has 0 aromatic heterocycles. The van der Waals surface area contributed by atoms with Crippen LogP contribution in [0.5, 0.6) is 0 Å². The second kappa shape index (κ2) is 9.24. The van der Waals surface area contributed by atoms with E-state index in [4.69, 9.17) is 11.6 Å². The van der Waals surface area contributed by atoms with Crippen LogP contribution in [0, 0.1) is 5.41 Å². The highest BCUT2D eigenvalue weighted by molar-refractivity contribution is 9.10. The molecule has 0 spiro atoms. The molecule has 2 aliphatic rings. The molecule has 0 fully saturated rings. The first-order chi connectivity index (χ1) is 16.5. The molecule has 170 valence electrons. The van der Waals surface area contributed by atoms with Gasteiger partial charge in [0.2, 0.25) is 0 Å². The topological polar surface area (TPSA) is 64.4 Å². The number of benzene rings is 3. The highest BCUT2D eigenvalue weighted by Crippen LogP contribution is 2.48. The van der Waals surface area contributed by atoms with Gasteiger partial charge in [-0.05, 0) is 54.8 Å². The monoisotopic (exact) mass is 532 g/mol. The third-order valence-electron chi connectivity index (χ3n) is 6.35. The van der Waals surface area contributed by atoms with Crippen LogP contribution < -0.4 is 4.90 Å². The van der Waals surface area contributed by atoms with E-state index in [0.717, 1.165) is 27.8 Å². The Bertz CT molecular complexity index is 1330. The maximum Gasteiger partial charge on any atom is 0.161 e. The van der Waals surface area contributed by atoms with Crippen molar-refractivity contribution in [1.29, 1.82) is 5.41 Å². The summed E-state index contributed by atoms with van der Waals surface area (Å²) >= 11 is 9.64. The van der Waals surface area contributed by atoms with Crippen LogP contribution in [0.25, 0.3) is 5.76 Å². The van der Waals surface area contributed by atoms with Gasteiger partial charge in [-0.15, -0.1) is 0 Å². The Balaban J connectivity index is 1.82. The highest BCUT2D eigenvalue weighted by Gasteiger charge is 2.43. The molecule has 1 atom stereocenters. The largest absolute Gasteiger partial charge is 0.507 e. The normalized spacial score (nSPS) is 19.8. The van der Waals surface area contributed by atoms with Crippen molar-refractivity contribution >= 4 is 50.6 Å². The van der Waals surface area contributed by atoms with E-state index < -0.39 is 5.92 Å². The molecule has 0 amide bonds. The molecule has 34 heavy (non-hydrogen) atoms. The number of nitrogens with one attached hydrogen (secondary N) is 1. The summed E-state index contributed by atoms with van der Waals surface area (Å²) in [6.45, 7) is 0. The Morgan fingerprint density at radius 3 is 2.32 bits per heavy atom. The van der Waals surface area contributed by atoms with Crippen molar-refractivity contribution in [3.8, 4) is 0 Å². The smallest absolute Gasteiger partial charge is 0.161 e. The Kier molecular flexibility index (Phi) is 6.15. The summed E-state index contributed by atoms with van der Waals surface area (Å²) in [5.41, 5.74) is 4.08. The molecule has 0 bridgehead atoms. The Hall–Kier alpha value is -3.15. The van der Waals surface area contributed by atoms with Gasteiger partial charge >= 0.3 is 0 Å². The highest BCUT2D eigenvalue weighted by atomic mass is 79.9. The molecule has 3 aromatic rings. The van der Waals surface area contributed by atoms with Crippen molar-refractivity contribution in [2.75, 3.05) is 4.90 Å². The minimum absolute atomic E-state index is 0.00224. The number of rotatable bonds is 3. The number of Topliss-reactive ketones (excluding diaryl/α,β-unsaturated/α-hetero) is 1. The van der Waals surface area contributed by atoms with Gasteiger partial charge < -0.3 is 5.11 Å². The predicted octanol–water partition coefficient (Wildman–Crippen LogP) is 7.66. The molecule has 0 saturated carbocycles. The summed E-state index contributed by atoms with van der Waals surface area (Å²) in [6, 6.07) is 24.2. The van der Waals surface area contributed by atoms with E-state index in [1.54, 1.807) is 12.1 Å². The summed E-state index contributed by atoms with van der Waals surface area (Å²) in [7, 11) is 0. The van der Waals surface area contributed by atoms with Gasteiger partial charge in [0, 0.05) is 49.9 Å². The van der Waals surface area contributed by atoms with Gasteiger partial charge in [0.05, 0.1) is 0 Å². The fourth-order valence-electron chi connectivity index (χ4n) is 4.81. The number of halogens is 2. The first-order valence-corrected chi connectivity index (χ1v) is 12.3. The molecule has 5 rings (SSSR count). The summed E-state index contributed by atoms with van der Waals surface area (Å²) in [5, 5.41) is 21.4. The number of hydrogen-bond acceptors (Lipinski definition) is 3. The van der Waals surface area contributed by atoms with Gasteiger partial charge in [-0.3, -0.25) is 15.1 Å². The van der Waals surface area contributed by atoms with Crippen molar-refractivity contribution in [3.05, 3.63) is 116 Å². The molecular weight excluding hydrogens is 512 g/mol. The molecule has 1 aliphatic carbocycles. The van der Waals surface area contributed by atoms with Crippen LogP contribution in [-0.2, 0) is 4.79 Å². The lowest BCUT2D eigenvalue weighted by atomic mass is 9.73. The van der Waals surface area contributed by atoms with Crippen molar-refractivity contribution in [1.82, 2.24) is 0 Å². The summed E-state index contributed by atoms with van der Waals surface area (Å²) < 4.78 is 0.927. The standard InChI is InChI=1S/C28H22BrClN2O2/c29-19-11-15-21(16-12-19)32-22-7-4-8-23(33)25(22)24(17-9-13-20(30)14-10-17)26(28(32)31)27(34)18-5-2-1-3-6-18/h1-3,5-6,9-16,24,31,34H,4,7-8H2. The fraction of sp³-hybridized carbons (Fsp3) is 0.143. The number of ketones is 1. The lowest BCUT2D eigenvalue weighted by molar-refractivity contribution is -0.116. The van der Waals surface area contributed by atoms with Gasteiger partial charge in [0.1, 0.15) is 11.6 Å². The maximum atomic E-state index is 13.4. The van der Waals surface area contributed by atoms with E-state index in [0.29, 0.717) is 34.6 Å². The molecule has 3 aromatic carbocycles. The van der Waals surface area contributed by atoms with Crippen LogP contribution in [0.4, 0.5) is 5.69 Å². The number of aliphatic hydroxyl groups excluding tert-OH is 1. The molecule has 1 heterocycles. The Labute approximate surface area is 211 Å². The summed E-state index contributed by atoms with van der Waals surface area (Å²) in [5.74, 6) is -0.344. The first kappa shape index (κ1) is 22.6. The number of carbonyl (C=O) groups is 1. The van der Waals surface area contributed by atoms with Gasteiger partial charge in [0.25, 0.3) is 0 Å². The van der Waals surface area contributed by atoms with E-state index in [1.165, 1.54) is 0 Å². The lowest BCUT2D eigenvalue weighted by Gasteiger charge is -2.41. The molecule has 0 radical (unpaired) electrons. The van der Waals surface area contributed by atoms with Crippen molar-refractivity contribution < 1.29 is 9.90 Å². The number of nitrogens with zero attached hydrogens (tertiary/aromatic N) is 1. The number of aliphatic hydroxyl groups is 1. The minimum atomic E-state index is -0.556. The maximum absolute atomic E-state index is 13.4. The third kappa shape index (κ3) is 3.99. The molecule has 6 heteroatoms. The number of hydrogen-bond donors (Lipinski definition) is 2. The van der Waals surface area contributed by atoms with Crippen molar-refractivity contribution in [3.63, 3.8) is 0 Å². The van der Waals surface area contributed by atoms with Crippen molar-refractivity contribution in [2.24, 2.45) is 0 Å². The zero-order valence-corrected chi connectivity index (χ0v) is 20.6. The van der Waals surface area contributed by atoms with E-state index in [1.807, 2.05) is 71.6 Å². The van der Waals surface area contributed by atoms with E-state index in [9.17, 15) is 15.3 Å². The van der Waals surface area contributed by atoms with E-state index in [-0.39, 0.29) is 17.4 Å². The zero-order valence-electron chi connectivity index (χ0n) is 18.3. The van der Waals surface area contributed by atoms with Crippen LogP contribution in [-0.4, -0.2) is 16.7 Å². The Morgan fingerprint density at radius 1 is 0.971 bits per heavy atom. The number of carbonyl (C=O) groups excluding carboxylic acids is 1. The number of allylic oxidation sites excluding steroid dienone is 2. The summed E-state index contributed by atoms with van der Waals surface area (Å²) in [4.78, 5) is 15.2. The zero-order chi connectivity index (χ0) is 23.8. The predicted molar refractivity (Wildman–Crippen MR) is 140 cm³/mol. The average Bonchev–Trinajstić information content (AvgIpc) is 2.85. The van der Waals surface area contributed by atoms with Crippen LogP contribution in [0.3, 0.4) is 0 Å². The molecule has 0 saturated heterocycles. The molecule has 1 aliphatic heterocycles. The fourth-order valence-corrected chi connectivity index (χ4v) is 5.20. The SMILES string of the molecule is N=C1C(=C(O)c2ccccc2)C(c2ccc(Cl)cc2)C2=C(CCCC2=O)N1c1ccc(Br)cc1. The second-order valence-electron chi connectivity index (χ2n) is 8.41. The molecule has 2 N–H and O–H groups in total. The van der Waals surface area contributed by atoms with Gasteiger partial charge in [-0.1, -0.05) is 70.0 Å². The quantitative estimate of drug-likeness (QED) is 0.340. The van der Waals surface area contributed by atoms with E-state index in [2.05, 4.69) is 15.9 Å². The van der Waals surface area contributed by atoms with Gasteiger partial charge in [0.15, 0.2) is 5.78 Å².